The van der Waals surface area contributed by atoms with Gasteiger partial charge in [-0.3, -0.25) is 9.59 Å². The highest BCUT2D eigenvalue weighted by molar-refractivity contribution is 6.11. The monoisotopic (exact) mass is 452 g/mol. The van der Waals surface area contributed by atoms with Crippen LogP contribution in [0.5, 0.6) is 0 Å². The summed E-state index contributed by atoms with van der Waals surface area (Å²) in [5.74, 6) is 0. The highest BCUT2D eigenvalue weighted by Gasteiger charge is 2.10. The average molecular weight is 453 g/mol. The van der Waals surface area contributed by atoms with Gasteiger partial charge in [-0.15, -0.1) is 0 Å². The second-order valence-corrected chi connectivity index (χ2v) is 9.21. The van der Waals surface area contributed by atoms with Crippen molar-refractivity contribution < 1.29 is 9.59 Å². The van der Waals surface area contributed by atoms with Crippen molar-refractivity contribution in [3.05, 3.63) is 119 Å². The first kappa shape index (κ1) is 21.2. The van der Waals surface area contributed by atoms with Gasteiger partial charge in [-0.05, 0) is 85.6 Å². The third kappa shape index (κ3) is 3.77. The molecule has 2 nitrogen and oxygen atoms in total. The van der Waals surface area contributed by atoms with Crippen molar-refractivity contribution in [2.24, 2.45) is 0 Å². The Bertz CT molecular complexity index is 1630. The van der Waals surface area contributed by atoms with E-state index >= 15 is 0 Å². The number of aldehydes is 2. The smallest absolute Gasteiger partial charge is 0.150 e. The van der Waals surface area contributed by atoms with Gasteiger partial charge in [-0.1, -0.05) is 84.9 Å². The number of hydrogen-bond donors (Lipinski definition) is 0. The van der Waals surface area contributed by atoms with Crippen LogP contribution in [0.4, 0.5) is 0 Å². The van der Waals surface area contributed by atoms with Crippen molar-refractivity contribution in [2.75, 3.05) is 0 Å². The fourth-order valence-corrected chi connectivity index (χ4v) is 5.43. The molecule has 0 amide bonds. The van der Waals surface area contributed by atoms with Crippen LogP contribution >= 0.6 is 0 Å². The van der Waals surface area contributed by atoms with Crippen LogP contribution in [-0.4, -0.2) is 12.6 Å². The SMILES string of the molecule is O=Cc1ccc2c(CCCc3cc4ccccc4c4cc(C=O)ccc34)cc3ccccc3c2c1. The maximum atomic E-state index is 11.4. The van der Waals surface area contributed by atoms with Crippen molar-refractivity contribution in [2.45, 2.75) is 19.3 Å². The second-order valence-electron chi connectivity index (χ2n) is 9.21. The first-order valence-electron chi connectivity index (χ1n) is 12.0. The molecular formula is C33H24O2. The maximum absolute atomic E-state index is 11.4. The van der Waals surface area contributed by atoms with Crippen LogP contribution in [0.15, 0.2) is 97.1 Å². The summed E-state index contributed by atoms with van der Waals surface area (Å²) >= 11 is 0. The molecule has 6 rings (SSSR count). The van der Waals surface area contributed by atoms with E-state index in [9.17, 15) is 9.59 Å². The summed E-state index contributed by atoms with van der Waals surface area (Å²) in [6.45, 7) is 0. The van der Waals surface area contributed by atoms with E-state index in [0.29, 0.717) is 11.1 Å². The lowest BCUT2D eigenvalue weighted by Crippen LogP contribution is -1.95. The summed E-state index contributed by atoms with van der Waals surface area (Å²) in [5, 5.41) is 9.48. The van der Waals surface area contributed by atoms with Gasteiger partial charge in [0.15, 0.2) is 0 Å². The molecule has 0 fully saturated rings. The quantitative estimate of drug-likeness (QED) is 0.189. The van der Waals surface area contributed by atoms with Crippen molar-refractivity contribution in [1.82, 2.24) is 0 Å². The fourth-order valence-electron chi connectivity index (χ4n) is 5.43. The predicted octanol–water partition coefficient (Wildman–Crippen LogP) is 8.10. The van der Waals surface area contributed by atoms with Crippen molar-refractivity contribution in [3.8, 4) is 0 Å². The molecule has 0 aromatic heterocycles. The minimum atomic E-state index is 0.706. The maximum Gasteiger partial charge on any atom is 0.150 e. The first-order valence-corrected chi connectivity index (χ1v) is 12.0. The molecule has 0 atom stereocenters. The Balaban J connectivity index is 1.39. The second kappa shape index (κ2) is 8.81. The Labute approximate surface area is 203 Å². The molecule has 0 unspecified atom stereocenters. The summed E-state index contributed by atoms with van der Waals surface area (Å²) < 4.78 is 0. The average Bonchev–Trinajstić information content (AvgIpc) is 2.92. The number of rotatable bonds is 6. The normalized spacial score (nSPS) is 11.4. The third-order valence-electron chi connectivity index (χ3n) is 7.10. The zero-order valence-corrected chi connectivity index (χ0v) is 19.3. The third-order valence-corrected chi connectivity index (χ3v) is 7.10. The van der Waals surface area contributed by atoms with E-state index in [1.807, 2.05) is 24.3 Å². The molecule has 0 N–H and O–H groups in total. The predicted molar refractivity (Wildman–Crippen MR) is 146 cm³/mol. The van der Waals surface area contributed by atoms with Crippen LogP contribution in [-0.2, 0) is 12.8 Å². The Hall–Kier alpha value is -4.30. The number of aryl methyl sites for hydroxylation is 2. The van der Waals surface area contributed by atoms with Crippen molar-refractivity contribution in [3.63, 3.8) is 0 Å². The largest absolute Gasteiger partial charge is 0.298 e. The Morgan fingerprint density at radius 1 is 0.457 bits per heavy atom. The molecule has 0 spiro atoms. The van der Waals surface area contributed by atoms with E-state index in [0.717, 1.165) is 42.6 Å². The van der Waals surface area contributed by atoms with Gasteiger partial charge in [0.1, 0.15) is 12.6 Å². The molecule has 0 saturated carbocycles. The molecule has 0 heterocycles. The highest BCUT2D eigenvalue weighted by atomic mass is 16.1. The summed E-state index contributed by atoms with van der Waals surface area (Å²) in [5.41, 5.74) is 4.03. The summed E-state index contributed by atoms with van der Waals surface area (Å²) in [4.78, 5) is 22.8. The van der Waals surface area contributed by atoms with Crippen LogP contribution < -0.4 is 0 Å². The number of carbonyl (C=O) groups excluding carboxylic acids is 2. The molecule has 0 radical (unpaired) electrons. The van der Waals surface area contributed by atoms with Gasteiger partial charge < -0.3 is 0 Å². The molecule has 35 heavy (non-hydrogen) atoms. The molecule has 0 aliphatic heterocycles. The molecule has 6 aromatic carbocycles. The Kier molecular flexibility index (Phi) is 5.35. The number of fused-ring (bicyclic) bond motifs is 6. The zero-order valence-electron chi connectivity index (χ0n) is 19.3. The molecule has 168 valence electrons. The Morgan fingerprint density at radius 2 is 0.914 bits per heavy atom. The van der Waals surface area contributed by atoms with E-state index in [-0.39, 0.29) is 0 Å². The van der Waals surface area contributed by atoms with Gasteiger partial charge in [-0.25, -0.2) is 0 Å². The molecule has 0 aliphatic rings. The number of carbonyl (C=O) groups is 2. The minimum absolute atomic E-state index is 0.706. The van der Waals surface area contributed by atoms with Gasteiger partial charge in [0, 0.05) is 11.1 Å². The van der Waals surface area contributed by atoms with E-state index in [1.54, 1.807) is 0 Å². The van der Waals surface area contributed by atoms with E-state index in [4.69, 9.17) is 0 Å². The Morgan fingerprint density at radius 3 is 1.37 bits per heavy atom. The summed E-state index contributed by atoms with van der Waals surface area (Å²) in [7, 11) is 0. The molecule has 0 bridgehead atoms. The molecule has 0 saturated heterocycles. The summed E-state index contributed by atoms with van der Waals surface area (Å²) in [6, 6.07) is 33.4. The van der Waals surface area contributed by atoms with Gasteiger partial charge in [0.25, 0.3) is 0 Å². The van der Waals surface area contributed by atoms with Gasteiger partial charge in [0.2, 0.25) is 0 Å². The lowest BCUT2D eigenvalue weighted by molar-refractivity contribution is 0.111. The van der Waals surface area contributed by atoms with Gasteiger partial charge in [0.05, 0.1) is 0 Å². The van der Waals surface area contributed by atoms with E-state index < -0.39 is 0 Å². The lowest BCUT2D eigenvalue weighted by atomic mass is 9.91. The fraction of sp³-hybridized carbons (Fsp3) is 0.0909. The van der Waals surface area contributed by atoms with Gasteiger partial charge >= 0.3 is 0 Å². The molecule has 2 heteroatoms. The highest BCUT2D eigenvalue weighted by Crippen LogP contribution is 2.33. The summed E-state index contributed by atoms with van der Waals surface area (Å²) in [6.07, 6.45) is 4.74. The topological polar surface area (TPSA) is 34.1 Å². The standard InChI is InChI=1S/C33H24O2/c34-20-22-12-14-30-26(18-24-6-1-3-10-28(24)32(30)16-22)8-5-9-27-19-25-7-2-4-11-29(25)33-17-23(21-35)13-15-31(27)33/h1-4,6-7,10-21H,5,8-9H2. The van der Waals surface area contributed by atoms with E-state index in [1.165, 1.54) is 43.4 Å². The first-order chi connectivity index (χ1) is 17.2. The zero-order chi connectivity index (χ0) is 23.8. The molecule has 0 aliphatic carbocycles. The van der Waals surface area contributed by atoms with Crippen LogP contribution in [0, 0.1) is 0 Å². The lowest BCUT2D eigenvalue weighted by Gasteiger charge is -2.13. The van der Waals surface area contributed by atoms with Crippen molar-refractivity contribution >= 4 is 55.7 Å². The van der Waals surface area contributed by atoms with Crippen LogP contribution in [0.2, 0.25) is 0 Å². The van der Waals surface area contributed by atoms with Crippen LogP contribution in [0.25, 0.3) is 43.1 Å². The van der Waals surface area contributed by atoms with Crippen LogP contribution in [0.1, 0.15) is 38.3 Å². The minimum Gasteiger partial charge on any atom is -0.298 e. The number of benzene rings is 6. The van der Waals surface area contributed by atoms with Crippen molar-refractivity contribution in [1.29, 1.82) is 0 Å². The number of hydrogen-bond acceptors (Lipinski definition) is 2. The van der Waals surface area contributed by atoms with E-state index in [2.05, 4.69) is 72.8 Å². The van der Waals surface area contributed by atoms with Gasteiger partial charge in [-0.2, -0.15) is 0 Å². The molecular weight excluding hydrogens is 428 g/mol. The molecule has 6 aromatic rings. The van der Waals surface area contributed by atoms with Crippen LogP contribution in [0.3, 0.4) is 0 Å².